The number of halogens is 3. The molecule has 32 heavy (non-hydrogen) atoms. The third-order valence-electron chi connectivity index (χ3n) is 4.24. The van der Waals surface area contributed by atoms with Crippen molar-refractivity contribution in [1.82, 2.24) is 5.32 Å². The first kappa shape index (κ1) is 23.1. The number of benzene rings is 2. The highest BCUT2D eigenvalue weighted by Crippen LogP contribution is 2.36. The number of anilines is 2. The summed E-state index contributed by atoms with van der Waals surface area (Å²) in [6.45, 7) is 0.411. The number of rotatable bonds is 6. The molecular formula is C20H16F3N3O5S. The lowest BCUT2D eigenvalue weighted by molar-refractivity contribution is -0.126. The lowest BCUT2D eigenvalue weighted by Gasteiger charge is -2.21. The van der Waals surface area contributed by atoms with Crippen molar-refractivity contribution in [3.8, 4) is 0 Å². The van der Waals surface area contributed by atoms with E-state index in [2.05, 4.69) is 10.6 Å². The highest BCUT2D eigenvalue weighted by molar-refractivity contribution is 8.00. The standard InChI is InChI=1S/C20H16F3N3O5S/c1-9-19(29)26-13-6-10(2-5-14(13)32-9)20(30)31-8-16(28)24-7-15(27)25-12-4-3-11(21)17(22)18(12)23/h2-6,9H,7-8H2,1H3,(H,24,28)(H,25,27)(H,26,29). The van der Waals surface area contributed by atoms with E-state index in [9.17, 15) is 32.3 Å². The second-order valence-corrected chi connectivity index (χ2v) is 7.97. The maximum absolute atomic E-state index is 13.5. The molecule has 3 rings (SSSR count). The van der Waals surface area contributed by atoms with Crippen LogP contribution in [0.5, 0.6) is 0 Å². The Labute approximate surface area is 183 Å². The number of fused-ring (bicyclic) bond motifs is 1. The van der Waals surface area contributed by atoms with E-state index < -0.39 is 54.1 Å². The quantitative estimate of drug-likeness (QED) is 0.444. The number of esters is 1. The summed E-state index contributed by atoms with van der Waals surface area (Å²) in [7, 11) is 0. The highest BCUT2D eigenvalue weighted by atomic mass is 32.2. The molecule has 168 valence electrons. The molecule has 1 unspecified atom stereocenters. The van der Waals surface area contributed by atoms with Crippen molar-refractivity contribution in [3.63, 3.8) is 0 Å². The molecule has 0 saturated carbocycles. The van der Waals surface area contributed by atoms with E-state index in [1.807, 2.05) is 5.32 Å². The zero-order valence-electron chi connectivity index (χ0n) is 16.5. The second-order valence-electron chi connectivity index (χ2n) is 6.58. The Hall–Kier alpha value is -3.54. The van der Waals surface area contributed by atoms with Gasteiger partial charge in [0.2, 0.25) is 11.8 Å². The third-order valence-corrected chi connectivity index (χ3v) is 5.41. The Bertz CT molecular complexity index is 1110. The molecule has 0 aliphatic carbocycles. The Morgan fingerprint density at radius 3 is 2.59 bits per heavy atom. The fourth-order valence-electron chi connectivity index (χ4n) is 2.60. The summed E-state index contributed by atoms with van der Waals surface area (Å²) in [6, 6.07) is 6.03. The number of hydrogen-bond acceptors (Lipinski definition) is 6. The largest absolute Gasteiger partial charge is 0.452 e. The van der Waals surface area contributed by atoms with Gasteiger partial charge in [-0.05, 0) is 37.3 Å². The van der Waals surface area contributed by atoms with Gasteiger partial charge in [0.1, 0.15) is 0 Å². The average Bonchev–Trinajstić information content (AvgIpc) is 2.77. The van der Waals surface area contributed by atoms with Gasteiger partial charge in [-0.2, -0.15) is 0 Å². The summed E-state index contributed by atoms with van der Waals surface area (Å²) >= 11 is 1.34. The maximum Gasteiger partial charge on any atom is 0.338 e. The number of carbonyl (C=O) groups excluding carboxylic acids is 4. The van der Waals surface area contributed by atoms with Gasteiger partial charge in [0, 0.05) is 4.90 Å². The Morgan fingerprint density at radius 2 is 1.84 bits per heavy atom. The molecular weight excluding hydrogens is 451 g/mol. The minimum Gasteiger partial charge on any atom is -0.452 e. The molecule has 0 radical (unpaired) electrons. The summed E-state index contributed by atoms with van der Waals surface area (Å²) in [5, 5.41) is 6.52. The molecule has 3 amide bonds. The van der Waals surface area contributed by atoms with Gasteiger partial charge in [0.05, 0.1) is 28.7 Å². The predicted molar refractivity (Wildman–Crippen MR) is 109 cm³/mol. The van der Waals surface area contributed by atoms with Crippen molar-refractivity contribution >= 4 is 46.8 Å². The van der Waals surface area contributed by atoms with Crippen LogP contribution in [-0.4, -0.2) is 42.1 Å². The lowest BCUT2D eigenvalue weighted by Crippen LogP contribution is -2.35. The van der Waals surface area contributed by atoms with Gasteiger partial charge in [-0.15, -0.1) is 11.8 Å². The van der Waals surface area contributed by atoms with E-state index in [0.29, 0.717) is 11.8 Å². The Kier molecular flexibility index (Phi) is 7.03. The van der Waals surface area contributed by atoms with Crippen LogP contribution in [0.4, 0.5) is 24.5 Å². The van der Waals surface area contributed by atoms with Gasteiger partial charge in [-0.1, -0.05) is 0 Å². The minimum atomic E-state index is -1.74. The molecule has 0 bridgehead atoms. The summed E-state index contributed by atoms with van der Waals surface area (Å²) in [5.74, 6) is -7.49. The van der Waals surface area contributed by atoms with Crippen molar-refractivity contribution in [2.75, 3.05) is 23.8 Å². The van der Waals surface area contributed by atoms with Gasteiger partial charge in [-0.3, -0.25) is 14.4 Å². The van der Waals surface area contributed by atoms with Crippen molar-refractivity contribution in [3.05, 3.63) is 53.3 Å². The molecule has 0 fully saturated rings. The molecule has 0 aromatic heterocycles. The first-order valence-electron chi connectivity index (χ1n) is 9.14. The molecule has 3 N–H and O–H groups in total. The van der Waals surface area contributed by atoms with Crippen molar-refractivity contribution in [2.24, 2.45) is 0 Å². The minimum absolute atomic E-state index is 0.110. The van der Waals surface area contributed by atoms with Gasteiger partial charge >= 0.3 is 5.97 Å². The first-order valence-corrected chi connectivity index (χ1v) is 10.0. The van der Waals surface area contributed by atoms with E-state index >= 15 is 0 Å². The second kappa shape index (κ2) is 9.73. The molecule has 1 aliphatic rings. The monoisotopic (exact) mass is 467 g/mol. The smallest absolute Gasteiger partial charge is 0.338 e. The van der Waals surface area contributed by atoms with Crippen LogP contribution in [0.3, 0.4) is 0 Å². The van der Waals surface area contributed by atoms with Crippen LogP contribution in [-0.2, 0) is 19.1 Å². The normalized spacial score (nSPS) is 14.8. The van der Waals surface area contributed by atoms with Crippen LogP contribution in [0.2, 0.25) is 0 Å². The molecule has 0 saturated heterocycles. The van der Waals surface area contributed by atoms with Crippen molar-refractivity contribution < 1.29 is 37.1 Å². The number of carbonyl (C=O) groups is 4. The summed E-state index contributed by atoms with van der Waals surface area (Å²) in [6.07, 6.45) is 0. The molecule has 1 aliphatic heterocycles. The maximum atomic E-state index is 13.5. The fourth-order valence-corrected chi connectivity index (χ4v) is 3.53. The SMILES string of the molecule is CC1Sc2ccc(C(=O)OCC(=O)NCC(=O)Nc3ccc(F)c(F)c3F)cc2NC1=O. The zero-order valence-corrected chi connectivity index (χ0v) is 17.3. The van der Waals surface area contributed by atoms with Crippen LogP contribution in [0.15, 0.2) is 35.2 Å². The third kappa shape index (κ3) is 5.38. The van der Waals surface area contributed by atoms with Crippen LogP contribution in [0, 0.1) is 17.5 Å². The van der Waals surface area contributed by atoms with E-state index in [1.165, 1.54) is 23.9 Å². The molecule has 1 heterocycles. The van der Waals surface area contributed by atoms with Gasteiger partial charge in [0.15, 0.2) is 24.1 Å². The van der Waals surface area contributed by atoms with E-state index in [0.717, 1.165) is 11.0 Å². The van der Waals surface area contributed by atoms with Crippen molar-refractivity contribution in [1.29, 1.82) is 0 Å². The number of hydrogen-bond donors (Lipinski definition) is 3. The Balaban J connectivity index is 1.47. The van der Waals surface area contributed by atoms with Crippen LogP contribution >= 0.6 is 11.8 Å². The van der Waals surface area contributed by atoms with E-state index in [4.69, 9.17) is 4.74 Å². The molecule has 12 heteroatoms. The Morgan fingerprint density at radius 1 is 1.09 bits per heavy atom. The topological polar surface area (TPSA) is 114 Å². The molecule has 0 spiro atoms. The summed E-state index contributed by atoms with van der Waals surface area (Å²) < 4.78 is 44.5. The number of ether oxygens (including phenoxy) is 1. The zero-order chi connectivity index (χ0) is 23.4. The van der Waals surface area contributed by atoms with Crippen LogP contribution in [0.1, 0.15) is 17.3 Å². The predicted octanol–water partition coefficient (Wildman–Crippen LogP) is 2.45. The van der Waals surface area contributed by atoms with Crippen LogP contribution < -0.4 is 16.0 Å². The van der Waals surface area contributed by atoms with E-state index in [1.54, 1.807) is 13.0 Å². The average molecular weight is 467 g/mol. The highest BCUT2D eigenvalue weighted by Gasteiger charge is 2.24. The lowest BCUT2D eigenvalue weighted by atomic mass is 10.2. The summed E-state index contributed by atoms with van der Waals surface area (Å²) in [4.78, 5) is 48.2. The number of thioether (sulfide) groups is 1. The molecule has 2 aromatic rings. The van der Waals surface area contributed by atoms with Crippen LogP contribution in [0.25, 0.3) is 0 Å². The van der Waals surface area contributed by atoms with Gasteiger partial charge in [-0.25, -0.2) is 18.0 Å². The first-order chi connectivity index (χ1) is 15.2. The fraction of sp³-hybridized carbons (Fsp3) is 0.200. The van der Waals surface area contributed by atoms with E-state index in [-0.39, 0.29) is 16.7 Å². The number of nitrogens with one attached hydrogen (secondary N) is 3. The van der Waals surface area contributed by atoms with Gasteiger partial charge in [0.25, 0.3) is 5.91 Å². The molecule has 2 aromatic carbocycles. The summed E-state index contributed by atoms with van der Waals surface area (Å²) in [5.41, 5.74) is -0.0293. The molecule has 8 nitrogen and oxygen atoms in total. The van der Waals surface area contributed by atoms with Gasteiger partial charge < -0.3 is 20.7 Å². The van der Waals surface area contributed by atoms with Crippen molar-refractivity contribution in [2.45, 2.75) is 17.1 Å². The number of amides is 3. The molecule has 1 atom stereocenters.